The topological polar surface area (TPSA) is 49.3 Å². The van der Waals surface area contributed by atoms with Gasteiger partial charge in [0.1, 0.15) is 11.6 Å². The van der Waals surface area contributed by atoms with Gasteiger partial charge in [0.2, 0.25) is 0 Å². The van der Waals surface area contributed by atoms with Crippen molar-refractivity contribution in [1.82, 2.24) is 0 Å². The number of nitrogens with one attached hydrogen (secondary N) is 1. The van der Waals surface area contributed by atoms with E-state index in [9.17, 15) is 13.6 Å². The maximum absolute atomic E-state index is 12.7. The van der Waals surface area contributed by atoms with Gasteiger partial charge in [-0.1, -0.05) is 6.58 Å². The Hall–Kier alpha value is -1.91. The zero-order chi connectivity index (χ0) is 11.4. The number of carbonyl (C=O) groups is 1. The van der Waals surface area contributed by atoms with Crippen molar-refractivity contribution in [3.63, 3.8) is 0 Å². The summed E-state index contributed by atoms with van der Waals surface area (Å²) in [5.74, 6) is -2.60. The Morgan fingerprint density at radius 2 is 1.87 bits per heavy atom. The van der Waals surface area contributed by atoms with E-state index in [1.165, 1.54) is 0 Å². The maximum atomic E-state index is 12.7. The minimum atomic E-state index is -1.15. The normalized spacial score (nSPS) is 9.73. The van der Waals surface area contributed by atoms with Crippen LogP contribution < -0.4 is 5.32 Å². The fourth-order valence-corrected chi connectivity index (χ4v) is 0.940. The molecule has 0 atom stereocenters. The largest absolute Gasteiger partial charge is 0.478 e. The van der Waals surface area contributed by atoms with Gasteiger partial charge in [-0.2, -0.15) is 0 Å². The minimum absolute atomic E-state index is 0.0712. The summed E-state index contributed by atoms with van der Waals surface area (Å²) in [5, 5.41) is 11.0. The number of anilines is 1. The first-order valence-electron chi connectivity index (χ1n) is 4.10. The number of carboxylic acid groups (broad SMARTS) is 1. The molecule has 1 aromatic rings. The van der Waals surface area contributed by atoms with Crippen LogP contribution in [0.25, 0.3) is 0 Å². The third-order valence-electron chi connectivity index (χ3n) is 1.67. The second-order valence-corrected chi connectivity index (χ2v) is 2.92. The lowest BCUT2D eigenvalue weighted by Gasteiger charge is -2.06. The van der Waals surface area contributed by atoms with Crippen molar-refractivity contribution in [1.29, 1.82) is 0 Å². The number of benzene rings is 1. The smallest absolute Gasteiger partial charge is 0.332 e. The van der Waals surface area contributed by atoms with Crippen molar-refractivity contribution in [3.8, 4) is 0 Å². The molecule has 0 aliphatic carbocycles. The highest BCUT2D eigenvalue weighted by molar-refractivity contribution is 5.86. The molecule has 1 rings (SSSR count). The molecule has 0 heterocycles. The average molecular weight is 213 g/mol. The summed E-state index contributed by atoms with van der Waals surface area (Å²) in [7, 11) is 0. The van der Waals surface area contributed by atoms with Crippen molar-refractivity contribution in [2.45, 2.75) is 0 Å². The van der Waals surface area contributed by atoms with Crippen molar-refractivity contribution in [3.05, 3.63) is 42.0 Å². The fraction of sp³-hybridized carbons (Fsp3) is 0.100. The first kappa shape index (κ1) is 11.2. The van der Waals surface area contributed by atoms with Gasteiger partial charge in [-0.25, -0.2) is 13.6 Å². The van der Waals surface area contributed by atoms with E-state index < -0.39 is 17.6 Å². The van der Waals surface area contributed by atoms with Gasteiger partial charge < -0.3 is 10.4 Å². The Bertz CT molecular complexity index is 384. The number of halogens is 2. The zero-order valence-electron chi connectivity index (χ0n) is 7.76. The van der Waals surface area contributed by atoms with Gasteiger partial charge >= 0.3 is 5.97 Å². The number of carboxylic acids is 1. The molecule has 0 radical (unpaired) electrons. The average Bonchev–Trinajstić information content (AvgIpc) is 2.12. The lowest BCUT2D eigenvalue weighted by Crippen LogP contribution is -2.11. The van der Waals surface area contributed by atoms with Crippen LogP contribution in [0.1, 0.15) is 0 Å². The van der Waals surface area contributed by atoms with Crippen LogP contribution in [0.3, 0.4) is 0 Å². The van der Waals surface area contributed by atoms with E-state index in [-0.39, 0.29) is 17.8 Å². The molecule has 0 bridgehead atoms. The first-order chi connectivity index (χ1) is 6.99. The summed E-state index contributed by atoms with van der Waals surface area (Å²) in [4.78, 5) is 10.4. The third-order valence-corrected chi connectivity index (χ3v) is 1.67. The van der Waals surface area contributed by atoms with Crippen LogP contribution in [0.15, 0.2) is 30.4 Å². The van der Waals surface area contributed by atoms with E-state index in [1.54, 1.807) is 0 Å². The van der Waals surface area contributed by atoms with E-state index in [2.05, 4.69) is 11.9 Å². The van der Waals surface area contributed by atoms with Crippen molar-refractivity contribution < 1.29 is 18.7 Å². The molecule has 80 valence electrons. The van der Waals surface area contributed by atoms with Crippen LogP contribution >= 0.6 is 0 Å². The number of aliphatic carboxylic acids is 1. The predicted molar refractivity (Wildman–Crippen MR) is 51.6 cm³/mol. The monoisotopic (exact) mass is 213 g/mol. The Labute approximate surface area is 85.0 Å². The standard InChI is InChI=1S/C10H9F2NO2/c1-6(10(14)15)5-13-9-3-7(11)2-8(12)4-9/h2-4,13H,1,5H2,(H,14,15). The first-order valence-corrected chi connectivity index (χ1v) is 4.10. The van der Waals surface area contributed by atoms with Gasteiger partial charge in [0, 0.05) is 23.9 Å². The zero-order valence-corrected chi connectivity index (χ0v) is 7.76. The van der Waals surface area contributed by atoms with Crippen molar-refractivity contribution >= 4 is 11.7 Å². The molecule has 0 spiro atoms. The summed E-state index contributed by atoms with van der Waals surface area (Å²) in [6.07, 6.45) is 0. The fourth-order valence-electron chi connectivity index (χ4n) is 0.940. The maximum Gasteiger partial charge on any atom is 0.332 e. The van der Waals surface area contributed by atoms with E-state index in [0.717, 1.165) is 18.2 Å². The SMILES string of the molecule is C=C(CNc1cc(F)cc(F)c1)C(=O)O. The highest BCUT2D eigenvalue weighted by atomic mass is 19.1. The lowest BCUT2D eigenvalue weighted by molar-refractivity contribution is -0.132. The van der Waals surface area contributed by atoms with Gasteiger partial charge in [0.05, 0.1) is 0 Å². The van der Waals surface area contributed by atoms with E-state index in [4.69, 9.17) is 5.11 Å². The van der Waals surface area contributed by atoms with Gasteiger partial charge in [-0.15, -0.1) is 0 Å². The van der Waals surface area contributed by atoms with Crippen molar-refractivity contribution in [2.75, 3.05) is 11.9 Å². The highest BCUT2D eigenvalue weighted by Gasteiger charge is 2.04. The number of hydrogen-bond donors (Lipinski definition) is 2. The number of hydrogen-bond acceptors (Lipinski definition) is 2. The molecule has 0 saturated carbocycles. The molecular formula is C10H9F2NO2. The molecule has 0 fully saturated rings. The van der Waals surface area contributed by atoms with Gasteiger partial charge in [-0.3, -0.25) is 0 Å². The molecule has 0 aromatic heterocycles. The second-order valence-electron chi connectivity index (χ2n) is 2.92. The number of rotatable bonds is 4. The summed E-state index contributed by atoms with van der Waals surface area (Å²) < 4.78 is 25.4. The molecule has 5 heteroatoms. The Kier molecular flexibility index (Phi) is 3.38. The summed E-state index contributed by atoms with van der Waals surface area (Å²) in [6.45, 7) is 3.19. The molecule has 3 nitrogen and oxygen atoms in total. The van der Waals surface area contributed by atoms with Gasteiger partial charge in [0.25, 0.3) is 0 Å². The lowest BCUT2D eigenvalue weighted by atomic mass is 10.2. The molecule has 15 heavy (non-hydrogen) atoms. The predicted octanol–water partition coefficient (Wildman–Crippen LogP) is 2.02. The van der Waals surface area contributed by atoms with E-state index in [0.29, 0.717) is 0 Å². The van der Waals surface area contributed by atoms with Crippen LogP contribution in [0.2, 0.25) is 0 Å². The van der Waals surface area contributed by atoms with E-state index >= 15 is 0 Å². The van der Waals surface area contributed by atoms with Crippen LogP contribution in [0.5, 0.6) is 0 Å². The van der Waals surface area contributed by atoms with Crippen LogP contribution in [-0.4, -0.2) is 17.6 Å². The molecule has 2 N–H and O–H groups in total. The minimum Gasteiger partial charge on any atom is -0.478 e. The molecule has 0 amide bonds. The molecule has 0 saturated heterocycles. The third kappa shape index (κ3) is 3.38. The van der Waals surface area contributed by atoms with Crippen LogP contribution in [0, 0.1) is 11.6 Å². The molecule has 0 aliphatic heterocycles. The molecular weight excluding hydrogens is 204 g/mol. The van der Waals surface area contributed by atoms with Crippen LogP contribution in [0.4, 0.5) is 14.5 Å². The van der Waals surface area contributed by atoms with Gasteiger partial charge in [-0.05, 0) is 12.1 Å². The van der Waals surface area contributed by atoms with Gasteiger partial charge in [0.15, 0.2) is 0 Å². The Morgan fingerprint density at radius 3 is 2.33 bits per heavy atom. The molecule has 0 aliphatic rings. The highest BCUT2D eigenvalue weighted by Crippen LogP contribution is 2.12. The summed E-state index contributed by atoms with van der Waals surface area (Å²) >= 11 is 0. The summed E-state index contributed by atoms with van der Waals surface area (Å²) in [5.41, 5.74) is 0.0922. The van der Waals surface area contributed by atoms with Crippen molar-refractivity contribution in [2.24, 2.45) is 0 Å². The quantitative estimate of drug-likeness (QED) is 0.752. The molecule has 0 unspecified atom stereocenters. The van der Waals surface area contributed by atoms with E-state index in [1.807, 2.05) is 0 Å². The summed E-state index contributed by atoms with van der Waals surface area (Å²) in [6, 6.07) is 2.87. The molecule has 1 aromatic carbocycles. The second kappa shape index (κ2) is 4.54. The Balaban J connectivity index is 2.65. The van der Waals surface area contributed by atoms with Crippen LogP contribution in [-0.2, 0) is 4.79 Å². The Morgan fingerprint density at radius 1 is 1.33 bits per heavy atom.